The Kier molecular flexibility index (Phi) is 7.20. The van der Waals surface area contributed by atoms with Crippen LogP contribution in [0, 0.1) is 16.0 Å². The number of carbonyl (C=O) groups is 1. The fourth-order valence-electron chi connectivity index (χ4n) is 5.38. The molecule has 2 atom stereocenters. The van der Waals surface area contributed by atoms with Crippen molar-refractivity contribution < 1.29 is 9.72 Å². The molecule has 0 bridgehead atoms. The van der Waals surface area contributed by atoms with Crippen LogP contribution in [0.4, 0.5) is 11.4 Å². The smallest absolute Gasteiger partial charge is 0.269 e. The summed E-state index contributed by atoms with van der Waals surface area (Å²) in [5.74, 6) is -0.283. The summed E-state index contributed by atoms with van der Waals surface area (Å²) in [4.78, 5) is 29.2. The van der Waals surface area contributed by atoms with Gasteiger partial charge in [-0.25, -0.2) is 0 Å². The average Bonchev–Trinajstić information content (AvgIpc) is 2.89. The number of piperazine rings is 1. The van der Waals surface area contributed by atoms with Crippen molar-refractivity contribution in [3.63, 3.8) is 0 Å². The summed E-state index contributed by atoms with van der Waals surface area (Å²) in [5.41, 5.74) is 4.30. The quantitative estimate of drug-likeness (QED) is 0.379. The molecule has 2 heterocycles. The number of hydrogen-bond donors (Lipinski definition) is 1. The molecule has 0 spiro atoms. The number of nitro groups is 1. The predicted octanol–water partition coefficient (Wildman–Crippen LogP) is 4.47. The van der Waals surface area contributed by atoms with E-state index in [-0.39, 0.29) is 28.5 Å². The fourth-order valence-corrected chi connectivity index (χ4v) is 5.51. The highest BCUT2D eigenvalue weighted by molar-refractivity contribution is 6.30. The zero-order valence-corrected chi connectivity index (χ0v) is 20.7. The third kappa shape index (κ3) is 5.37. The maximum atomic E-state index is 13.5. The molecule has 2 aliphatic heterocycles. The van der Waals surface area contributed by atoms with Gasteiger partial charge in [0.05, 0.1) is 16.9 Å². The van der Waals surface area contributed by atoms with Crippen LogP contribution in [0.3, 0.4) is 0 Å². The lowest BCUT2D eigenvalue weighted by atomic mass is 9.83. The number of non-ortho nitro benzene ring substituents is 1. The molecule has 0 aliphatic carbocycles. The van der Waals surface area contributed by atoms with Gasteiger partial charge in [0.25, 0.3) is 5.69 Å². The molecule has 0 saturated carbocycles. The zero-order chi connectivity index (χ0) is 25.1. The summed E-state index contributed by atoms with van der Waals surface area (Å²) in [7, 11) is 0. The fraction of sp³-hybridized carbons (Fsp3) is 0.321. The monoisotopic (exact) mass is 504 g/mol. The van der Waals surface area contributed by atoms with Gasteiger partial charge in [0, 0.05) is 55.6 Å². The van der Waals surface area contributed by atoms with Crippen LogP contribution in [0.15, 0.2) is 72.8 Å². The molecule has 3 aromatic carbocycles. The highest BCUT2D eigenvalue weighted by Gasteiger charge is 2.41. The minimum Gasteiger partial charge on any atom is -0.365 e. The van der Waals surface area contributed by atoms with Gasteiger partial charge >= 0.3 is 0 Å². The summed E-state index contributed by atoms with van der Waals surface area (Å²) < 4.78 is 0. The van der Waals surface area contributed by atoms with Gasteiger partial charge in [-0.2, -0.15) is 0 Å². The first kappa shape index (κ1) is 24.3. The molecule has 3 aromatic rings. The highest BCUT2D eigenvalue weighted by Crippen LogP contribution is 2.38. The number of rotatable bonds is 7. The summed E-state index contributed by atoms with van der Waals surface area (Å²) in [5, 5.41) is 15.3. The Morgan fingerprint density at radius 1 is 1.03 bits per heavy atom. The second-order valence-corrected chi connectivity index (χ2v) is 9.97. The van der Waals surface area contributed by atoms with Crippen LogP contribution < -0.4 is 10.2 Å². The van der Waals surface area contributed by atoms with Gasteiger partial charge in [0.15, 0.2) is 0 Å². The van der Waals surface area contributed by atoms with Crippen LogP contribution in [-0.2, 0) is 24.2 Å². The lowest BCUT2D eigenvalue weighted by Crippen LogP contribution is -2.61. The van der Waals surface area contributed by atoms with Crippen molar-refractivity contribution >= 4 is 28.9 Å². The first-order valence-corrected chi connectivity index (χ1v) is 12.7. The molecule has 1 amide bonds. The van der Waals surface area contributed by atoms with E-state index in [0.29, 0.717) is 18.0 Å². The van der Waals surface area contributed by atoms with Crippen LogP contribution >= 0.6 is 11.6 Å². The van der Waals surface area contributed by atoms with E-state index < -0.39 is 0 Å². The maximum absolute atomic E-state index is 13.5. The number of nitro benzene ring substituents is 1. The molecule has 2 aliphatic rings. The van der Waals surface area contributed by atoms with Gasteiger partial charge in [-0.15, -0.1) is 0 Å². The number of carbonyl (C=O) groups excluding carboxylic acids is 1. The van der Waals surface area contributed by atoms with Gasteiger partial charge < -0.3 is 10.2 Å². The molecule has 1 fully saturated rings. The Morgan fingerprint density at radius 2 is 1.81 bits per heavy atom. The SMILES string of the molecule is O=C(NCCc1ccccc1)[C@H]1Cc2cc([N+](=O)[O-])ccc2N2CCN(Cc3ccc(Cl)cc3)C[C@@H]12. The van der Waals surface area contributed by atoms with Crippen molar-refractivity contribution in [3.05, 3.63) is 105 Å². The lowest BCUT2D eigenvalue weighted by molar-refractivity contribution is -0.384. The molecule has 8 heteroatoms. The molecule has 186 valence electrons. The second-order valence-electron chi connectivity index (χ2n) is 9.53. The maximum Gasteiger partial charge on any atom is 0.269 e. The number of nitrogens with one attached hydrogen (secondary N) is 1. The first-order chi connectivity index (χ1) is 17.5. The van der Waals surface area contributed by atoms with Gasteiger partial charge in [0.2, 0.25) is 5.91 Å². The molecule has 1 saturated heterocycles. The number of amides is 1. The largest absolute Gasteiger partial charge is 0.365 e. The third-order valence-electron chi connectivity index (χ3n) is 7.20. The standard InChI is InChI=1S/C28H29ClN4O3/c29-23-8-6-21(7-9-23)18-31-14-15-32-26-11-10-24(33(35)36)16-22(26)17-25(27(32)19-31)28(34)30-13-12-20-4-2-1-3-5-20/h1-11,16,25,27H,12-15,17-19H2,(H,30,34)/t25-,27-/m0/s1. The molecule has 0 unspecified atom stereocenters. The van der Waals surface area contributed by atoms with E-state index in [4.69, 9.17) is 11.6 Å². The molecular weight excluding hydrogens is 476 g/mol. The molecule has 0 radical (unpaired) electrons. The number of benzene rings is 3. The first-order valence-electron chi connectivity index (χ1n) is 12.3. The van der Waals surface area contributed by atoms with E-state index in [1.807, 2.05) is 48.5 Å². The molecule has 0 aromatic heterocycles. The number of halogens is 1. The van der Waals surface area contributed by atoms with Crippen LogP contribution in [0.5, 0.6) is 0 Å². The van der Waals surface area contributed by atoms with Crippen molar-refractivity contribution in [2.75, 3.05) is 31.1 Å². The van der Waals surface area contributed by atoms with Crippen molar-refractivity contribution in [2.45, 2.75) is 25.4 Å². The Hall–Kier alpha value is -3.42. The van der Waals surface area contributed by atoms with Crippen molar-refractivity contribution in [3.8, 4) is 0 Å². The normalized spacial score (nSPS) is 19.3. The minimum absolute atomic E-state index is 0.00303. The molecule has 1 N–H and O–H groups in total. The van der Waals surface area contributed by atoms with Crippen LogP contribution in [0.2, 0.25) is 5.02 Å². The van der Waals surface area contributed by atoms with Gasteiger partial charge in [-0.05, 0) is 47.7 Å². The predicted molar refractivity (Wildman–Crippen MR) is 141 cm³/mol. The molecular formula is C28H29ClN4O3. The van der Waals surface area contributed by atoms with E-state index in [1.54, 1.807) is 12.1 Å². The Morgan fingerprint density at radius 3 is 2.56 bits per heavy atom. The van der Waals surface area contributed by atoms with E-state index in [2.05, 4.69) is 27.2 Å². The van der Waals surface area contributed by atoms with E-state index in [0.717, 1.165) is 43.9 Å². The van der Waals surface area contributed by atoms with Gasteiger partial charge in [-0.1, -0.05) is 54.1 Å². The molecule has 7 nitrogen and oxygen atoms in total. The lowest BCUT2D eigenvalue weighted by Gasteiger charge is -2.49. The van der Waals surface area contributed by atoms with Crippen LogP contribution in [0.1, 0.15) is 16.7 Å². The Balaban J connectivity index is 1.35. The molecule has 5 rings (SSSR count). The van der Waals surface area contributed by atoms with E-state index in [1.165, 1.54) is 11.1 Å². The topological polar surface area (TPSA) is 78.7 Å². The number of hydrogen-bond acceptors (Lipinski definition) is 5. The highest BCUT2D eigenvalue weighted by atomic mass is 35.5. The van der Waals surface area contributed by atoms with E-state index in [9.17, 15) is 14.9 Å². The minimum atomic E-state index is -0.370. The van der Waals surface area contributed by atoms with E-state index >= 15 is 0 Å². The summed E-state index contributed by atoms with van der Waals surface area (Å²) >= 11 is 6.05. The summed E-state index contributed by atoms with van der Waals surface area (Å²) in [6, 6.07) is 23.0. The van der Waals surface area contributed by atoms with Crippen LogP contribution in [0.25, 0.3) is 0 Å². The van der Waals surface area contributed by atoms with Gasteiger partial charge in [0.1, 0.15) is 0 Å². The zero-order valence-electron chi connectivity index (χ0n) is 20.0. The van der Waals surface area contributed by atoms with Crippen molar-refractivity contribution in [2.24, 2.45) is 5.92 Å². The van der Waals surface area contributed by atoms with Gasteiger partial charge in [-0.3, -0.25) is 19.8 Å². The van der Waals surface area contributed by atoms with Crippen molar-refractivity contribution in [1.29, 1.82) is 0 Å². The number of anilines is 1. The Labute approximate surface area is 215 Å². The second kappa shape index (κ2) is 10.7. The average molecular weight is 505 g/mol. The summed E-state index contributed by atoms with van der Waals surface area (Å²) in [6.45, 7) is 3.70. The molecule has 36 heavy (non-hydrogen) atoms. The number of fused-ring (bicyclic) bond motifs is 3. The summed E-state index contributed by atoms with van der Waals surface area (Å²) in [6.07, 6.45) is 1.25. The third-order valence-corrected chi connectivity index (χ3v) is 7.45. The number of nitrogens with zero attached hydrogens (tertiary/aromatic N) is 3. The van der Waals surface area contributed by atoms with Crippen LogP contribution in [-0.4, -0.2) is 48.0 Å². The Bertz CT molecular complexity index is 1240. The van der Waals surface area contributed by atoms with Crippen molar-refractivity contribution in [1.82, 2.24) is 10.2 Å².